The summed E-state index contributed by atoms with van der Waals surface area (Å²) in [6.07, 6.45) is -1.04. The van der Waals surface area contributed by atoms with Gasteiger partial charge in [0.25, 0.3) is 6.43 Å². The summed E-state index contributed by atoms with van der Waals surface area (Å²) in [6.45, 7) is 4.69. The van der Waals surface area contributed by atoms with Gasteiger partial charge in [-0.25, -0.2) is 13.8 Å². The maximum absolute atomic E-state index is 12.6. The lowest BCUT2D eigenvalue weighted by atomic mass is 9.73. The molecule has 0 aliphatic carbocycles. The van der Waals surface area contributed by atoms with Crippen LogP contribution in [0.25, 0.3) is 0 Å². The van der Waals surface area contributed by atoms with Crippen LogP contribution < -0.4 is 4.90 Å². The van der Waals surface area contributed by atoms with Crippen LogP contribution in [0.5, 0.6) is 0 Å². The highest BCUT2D eigenvalue weighted by Gasteiger charge is 2.52. The number of rotatable bonds is 2. The number of nitrogens with zero attached hydrogens (tertiary/aromatic N) is 3. The molecule has 2 aliphatic heterocycles. The van der Waals surface area contributed by atoms with Gasteiger partial charge in [0, 0.05) is 50.3 Å². The van der Waals surface area contributed by atoms with Gasteiger partial charge in [-0.2, -0.15) is 0 Å². The molecule has 2 saturated heterocycles. The average Bonchev–Trinajstić information content (AvgIpc) is 2.25. The predicted molar refractivity (Wildman–Crippen MR) is 66.1 cm³/mol. The lowest BCUT2D eigenvalue weighted by Crippen LogP contribution is -2.73. The molecule has 3 heterocycles. The summed E-state index contributed by atoms with van der Waals surface area (Å²) >= 11 is 0. The lowest BCUT2D eigenvalue weighted by Gasteiger charge is -2.60. The van der Waals surface area contributed by atoms with E-state index in [9.17, 15) is 13.6 Å². The van der Waals surface area contributed by atoms with Gasteiger partial charge in [0.05, 0.1) is 0 Å². The molecule has 102 valence electrons. The zero-order chi connectivity index (χ0) is 13.6. The fourth-order valence-corrected chi connectivity index (χ4v) is 2.85. The Hall–Kier alpha value is -1.72. The van der Waals surface area contributed by atoms with E-state index in [4.69, 9.17) is 0 Å². The maximum Gasteiger partial charge on any atom is 0.264 e. The first kappa shape index (κ1) is 12.3. The van der Waals surface area contributed by atoms with Gasteiger partial charge in [0.1, 0.15) is 5.82 Å². The van der Waals surface area contributed by atoms with Crippen molar-refractivity contribution in [1.82, 2.24) is 9.88 Å². The van der Waals surface area contributed by atoms with E-state index < -0.39 is 6.43 Å². The molecule has 0 saturated carbocycles. The minimum Gasteiger partial charge on any atom is -0.355 e. The minimum atomic E-state index is -2.46. The summed E-state index contributed by atoms with van der Waals surface area (Å²) in [5.41, 5.74) is 0.165. The second kappa shape index (κ2) is 4.15. The number of carbonyl (C=O) groups is 1. The van der Waals surface area contributed by atoms with E-state index in [1.54, 1.807) is 11.8 Å². The molecule has 0 bridgehead atoms. The van der Waals surface area contributed by atoms with Crippen molar-refractivity contribution >= 4 is 11.7 Å². The van der Waals surface area contributed by atoms with Crippen molar-refractivity contribution in [2.75, 3.05) is 31.1 Å². The molecule has 1 spiro atoms. The Morgan fingerprint density at radius 3 is 2.63 bits per heavy atom. The number of amides is 1. The standard InChI is InChI=1S/C13H15F2N3O/c1-9(19)17-5-13(6-17)7-18(8-13)11-4-10(12(14)15)2-3-16-11/h2-4,12H,5-8H2,1H3. The monoisotopic (exact) mass is 267 g/mol. The third-order valence-electron chi connectivity index (χ3n) is 3.90. The maximum atomic E-state index is 12.6. The molecule has 1 amide bonds. The molecule has 2 fully saturated rings. The lowest BCUT2D eigenvalue weighted by molar-refractivity contribution is -0.142. The highest BCUT2D eigenvalue weighted by atomic mass is 19.3. The van der Waals surface area contributed by atoms with E-state index >= 15 is 0 Å². The van der Waals surface area contributed by atoms with Gasteiger partial charge in [0.15, 0.2) is 0 Å². The Morgan fingerprint density at radius 1 is 1.37 bits per heavy atom. The molecule has 19 heavy (non-hydrogen) atoms. The zero-order valence-corrected chi connectivity index (χ0v) is 10.6. The molecular weight excluding hydrogens is 252 g/mol. The Bertz CT molecular complexity index is 506. The van der Waals surface area contributed by atoms with Gasteiger partial charge in [-0.05, 0) is 12.1 Å². The van der Waals surface area contributed by atoms with Crippen LogP contribution in [0.2, 0.25) is 0 Å². The highest BCUT2D eigenvalue weighted by molar-refractivity contribution is 5.74. The Kier molecular flexibility index (Phi) is 2.69. The Morgan fingerprint density at radius 2 is 2.05 bits per heavy atom. The molecule has 0 unspecified atom stereocenters. The SMILES string of the molecule is CC(=O)N1CC2(C1)CN(c1cc(C(F)F)ccn1)C2. The summed E-state index contributed by atoms with van der Waals surface area (Å²) < 4.78 is 25.2. The van der Waals surface area contributed by atoms with Crippen molar-refractivity contribution in [3.05, 3.63) is 23.9 Å². The summed E-state index contributed by atoms with van der Waals surface area (Å²) in [5, 5.41) is 0. The number of pyridine rings is 1. The number of hydrogen-bond donors (Lipinski definition) is 0. The minimum absolute atomic E-state index is 0.00456. The van der Waals surface area contributed by atoms with Crippen molar-refractivity contribution in [1.29, 1.82) is 0 Å². The number of alkyl halides is 2. The van der Waals surface area contributed by atoms with Crippen LogP contribution in [0.3, 0.4) is 0 Å². The smallest absolute Gasteiger partial charge is 0.264 e. The van der Waals surface area contributed by atoms with Crippen LogP contribution in [0.15, 0.2) is 18.3 Å². The molecule has 0 aromatic carbocycles. The van der Waals surface area contributed by atoms with Crippen LogP contribution in [0.1, 0.15) is 18.9 Å². The zero-order valence-electron chi connectivity index (χ0n) is 10.6. The van der Waals surface area contributed by atoms with Crippen molar-refractivity contribution in [3.63, 3.8) is 0 Å². The van der Waals surface area contributed by atoms with Crippen molar-refractivity contribution in [3.8, 4) is 0 Å². The van der Waals surface area contributed by atoms with Gasteiger partial charge < -0.3 is 9.80 Å². The second-order valence-electron chi connectivity index (χ2n) is 5.48. The van der Waals surface area contributed by atoms with Gasteiger partial charge in [-0.15, -0.1) is 0 Å². The molecule has 3 rings (SSSR count). The van der Waals surface area contributed by atoms with E-state index in [2.05, 4.69) is 4.98 Å². The molecule has 2 aliphatic rings. The molecule has 1 aromatic heterocycles. The van der Waals surface area contributed by atoms with Crippen LogP contribution in [0.4, 0.5) is 14.6 Å². The quantitative estimate of drug-likeness (QED) is 0.818. The first-order valence-electron chi connectivity index (χ1n) is 6.24. The molecule has 1 aromatic rings. The number of carbonyl (C=O) groups excluding carboxylic acids is 1. The topological polar surface area (TPSA) is 36.4 Å². The first-order chi connectivity index (χ1) is 8.99. The molecular formula is C13H15F2N3O. The Balaban J connectivity index is 1.62. The predicted octanol–water partition coefficient (Wildman–Crippen LogP) is 1.69. The van der Waals surface area contributed by atoms with Gasteiger partial charge in [0.2, 0.25) is 5.91 Å². The van der Waals surface area contributed by atoms with Gasteiger partial charge in [-0.1, -0.05) is 0 Å². The van der Waals surface area contributed by atoms with Crippen molar-refractivity contribution in [2.45, 2.75) is 13.3 Å². The van der Waals surface area contributed by atoms with Crippen LogP contribution in [-0.4, -0.2) is 42.0 Å². The number of anilines is 1. The summed E-state index contributed by atoms with van der Waals surface area (Å²) in [7, 11) is 0. The van der Waals surface area contributed by atoms with Gasteiger partial charge >= 0.3 is 0 Å². The molecule has 0 N–H and O–H groups in total. The van der Waals surface area contributed by atoms with E-state index in [0.717, 1.165) is 26.2 Å². The molecule has 0 atom stereocenters. The van der Waals surface area contributed by atoms with Gasteiger partial charge in [-0.3, -0.25) is 4.79 Å². The second-order valence-corrected chi connectivity index (χ2v) is 5.48. The third-order valence-corrected chi connectivity index (χ3v) is 3.90. The number of hydrogen-bond acceptors (Lipinski definition) is 3. The summed E-state index contributed by atoms with van der Waals surface area (Å²) in [6, 6.07) is 2.78. The number of halogens is 2. The molecule has 6 heteroatoms. The Labute approximate surface area is 110 Å². The largest absolute Gasteiger partial charge is 0.355 e. The number of likely N-dealkylation sites (tertiary alicyclic amines) is 1. The summed E-state index contributed by atoms with van der Waals surface area (Å²) in [4.78, 5) is 19.1. The molecule has 0 radical (unpaired) electrons. The van der Waals surface area contributed by atoms with E-state index in [1.165, 1.54) is 18.3 Å². The van der Waals surface area contributed by atoms with Crippen LogP contribution in [0, 0.1) is 5.41 Å². The third kappa shape index (κ3) is 2.05. The van der Waals surface area contributed by atoms with E-state index in [1.807, 2.05) is 4.90 Å². The fourth-order valence-electron chi connectivity index (χ4n) is 2.85. The van der Waals surface area contributed by atoms with Crippen LogP contribution in [-0.2, 0) is 4.79 Å². The van der Waals surface area contributed by atoms with Crippen molar-refractivity contribution < 1.29 is 13.6 Å². The van der Waals surface area contributed by atoms with Crippen molar-refractivity contribution in [2.24, 2.45) is 5.41 Å². The number of aromatic nitrogens is 1. The molecule has 4 nitrogen and oxygen atoms in total. The average molecular weight is 267 g/mol. The van der Waals surface area contributed by atoms with E-state index in [0.29, 0.717) is 5.82 Å². The van der Waals surface area contributed by atoms with Crippen LogP contribution >= 0.6 is 0 Å². The summed E-state index contributed by atoms with van der Waals surface area (Å²) in [5.74, 6) is 0.701. The highest BCUT2D eigenvalue weighted by Crippen LogP contribution is 2.41. The first-order valence-corrected chi connectivity index (χ1v) is 6.24. The fraction of sp³-hybridized carbons (Fsp3) is 0.538. The normalized spacial score (nSPS) is 20.4. The van der Waals surface area contributed by atoms with E-state index in [-0.39, 0.29) is 16.9 Å².